The molecule has 0 N–H and O–H groups in total. The van der Waals surface area contributed by atoms with Crippen LogP contribution in [0, 0.1) is 5.92 Å². The number of aromatic nitrogens is 2. The number of esters is 1. The number of nitrogens with zero attached hydrogens (tertiary/aromatic N) is 4. The second-order valence-corrected chi connectivity index (χ2v) is 8.83. The van der Waals surface area contributed by atoms with Gasteiger partial charge in [0, 0.05) is 49.2 Å². The molecule has 2 saturated heterocycles. The molecule has 2 fully saturated rings. The molecule has 0 bridgehead atoms. The molecule has 7 heteroatoms. The Hall–Kier alpha value is -3.35. The van der Waals surface area contributed by atoms with Gasteiger partial charge in [0.05, 0.1) is 29.8 Å². The minimum atomic E-state index is -0.264. The SMILES string of the molecule is CCOC(=O)C1CCCN(C(=O)c2cnn3cccc(-c4ccccc4N4CCCC4)c23)C1. The van der Waals surface area contributed by atoms with E-state index in [1.165, 1.54) is 18.5 Å². The van der Waals surface area contributed by atoms with E-state index < -0.39 is 0 Å². The number of likely N-dealkylation sites (tertiary alicyclic amines) is 1. The van der Waals surface area contributed by atoms with Gasteiger partial charge in [-0.1, -0.05) is 24.3 Å². The van der Waals surface area contributed by atoms with Gasteiger partial charge in [-0.25, -0.2) is 4.52 Å². The number of hydrogen-bond acceptors (Lipinski definition) is 5. The van der Waals surface area contributed by atoms with Crippen molar-refractivity contribution < 1.29 is 14.3 Å². The van der Waals surface area contributed by atoms with Gasteiger partial charge in [-0.2, -0.15) is 5.10 Å². The van der Waals surface area contributed by atoms with Crippen LogP contribution in [0.15, 0.2) is 48.8 Å². The third-order valence-electron chi connectivity index (χ3n) is 6.74. The lowest BCUT2D eigenvalue weighted by Gasteiger charge is -2.31. The smallest absolute Gasteiger partial charge is 0.310 e. The lowest BCUT2D eigenvalue weighted by molar-refractivity contribution is -0.149. The van der Waals surface area contributed by atoms with Crippen molar-refractivity contribution in [3.63, 3.8) is 0 Å². The summed E-state index contributed by atoms with van der Waals surface area (Å²) in [7, 11) is 0. The molecule has 0 aliphatic carbocycles. The molecular formula is C26H30N4O3. The summed E-state index contributed by atoms with van der Waals surface area (Å²) in [6, 6.07) is 12.5. The van der Waals surface area contributed by atoms with Crippen molar-refractivity contribution in [3.8, 4) is 11.1 Å². The highest BCUT2D eigenvalue weighted by Gasteiger charge is 2.31. The van der Waals surface area contributed by atoms with Crippen LogP contribution in [-0.2, 0) is 9.53 Å². The minimum Gasteiger partial charge on any atom is -0.466 e. The molecule has 1 aromatic carbocycles. The number of carbonyl (C=O) groups is 2. The molecule has 2 aliphatic heterocycles. The molecule has 0 saturated carbocycles. The maximum Gasteiger partial charge on any atom is 0.310 e. The number of ether oxygens (including phenoxy) is 1. The van der Waals surface area contributed by atoms with Crippen molar-refractivity contribution in [2.24, 2.45) is 5.92 Å². The largest absolute Gasteiger partial charge is 0.466 e. The van der Waals surface area contributed by atoms with Gasteiger partial charge in [0.25, 0.3) is 5.91 Å². The van der Waals surface area contributed by atoms with Gasteiger partial charge in [-0.15, -0.1) is 0 Å². The number of carbonyl (C=O) groups excluding carboxylic acids is 2. The summed E-state index contributed by atoms with van der Waals surface area (Å²) in [5.41, 5.74) is 4.70. The first kappa shape index (κ1) is 21.5. The summed E-state index contributed by atoms with van der Waals surface area (Å²) in [5.74, 6) is -0.556. The van der Waals surface area contributed by atoms with E-state index in [0.29, 0.717) is 25.3 Å². The van der Waals surface area contributed by atoms with Crippen molar-refractivity contribution in [2.75, 3.05) is 37.7 Å². The Morgan fingerprint density at radius 2 is 1.82 bits per heavy atom. The van der Waals surface area contributed by atoms with E-state index in [4.69, 9.17) is 4.74 Å². The molecule has 5 rings (SSSR count). The Bertz CT molecular complexity index is 1170. The van der Waals surface area contributed by atoms with Crippen LogP contribution in [0.5, 0.6) is 0 Å². The third-order valence-corrected chi connectivity index (χ3v) is 6.74. The summed E-state index contributed by atoms with van der Waals surface area (Å²) in [5, 5.41) is 4.50. The number of hydrogen-bond donors (Lipinski definition) is 0. The number of pyridine rings is 1. The minimum absolute atomic E-state index is 0.0786. The second kappa shape index (κ2) is 9.25. The second-order valence-electron chi connectivity index (χ2n) is 8.83. The Morgan fingerprint density at radius 3 is 2.64 bits per heavy atom. The predicted molar refractivity (Wildman–Crippen MR) is 127 cm³/mol. The first-order valence-corrected chi connectivity index (χ1v) is 11.9. The molecule has 3 aromatic rings. The number of benzene rings is 1. The zero-order valence-electron chi connectivity index (χ0n) is 19.1. The van der Waals surface area contributed by atoms with Crippen molar-refractivity contribution in [3.05, 3.63) is 54.4 Å². The Balaban J connectivity index is 1.52. The van der Waals surface area contributed by atoms with Gasteiger partial charge < -0.3 is 14.5 Å². The van der Waals surface area contributed by atoms with Crippen LogP contribution in [0.25, 0.3) is 16.6 Å². The van der Waals surface area contributed by atoms with Crippen LogP contribution in [0.2, 0.25) is 0 Å². The molecular weight excluding hydrogens is 416 g/mol. The van der Waals surface area contributed by atoms with Crippen LogP contribution in [-0.4, -0.2) is 59.2 Å². The lowest BCUT2D eigenvalue weighted by Crippen LogP contribution is -2.42. The molecule has 172 valence electrons. The van der Waals surface area contributed by atoms with Crippen molar-refractivity contribution >= 4 is 23.1 Å². The van der Waals surface area contributed by atoms with Crippen LogP contribution in [0.3, 0.4) is 0 Å². The van der Waals surface area contributed by atoms with Crippen LogP contribution < -0.4 is 4.90 Å². The molecule has 1 amide bonds. The molecule has 2 aliphatic rings. The molecule has 4 heterocycles. The summed E-state index contributed by atoms with van der Waals surface area (Å²) in [6.07, 6.45) is 7.49. The lowest BCUT2D eigenvalue weighted by atomic mass is 9.97. The molecule has 1 atom stereocenters. The van der Waals surface area contributed by atoms with E-state index in [1.807, 2.05) is 25.3 Å². The molecule has 33 heavy (non-hydrogen) atoms. The van der Waals surface area contributed by atoms with E-state index in [9.17, 15) is 9.59 Å². The molecule has 0 spiro atoms. The number of fused-ring (bicyclic) bond motifs is 1. The van der Waals surface area contributed by atoms with E-state index in [2.05, 4.69) is 34.3 Å². The van der Waals surface area contributed by atoms with Gasteiger partial charge in [0.2, 0.25) is 0 Å². The van der Waals surface area contributed by atoms with Gasteiger partial charge in [-0.05, 0) is 44.7 Å². The van der Waals surface area contributed by atoms with E-state index >= 15 is 0 Å². The van der Waals surface area contributed by atoms with Crippen LogP contribution in [0.1, 0.15) is 43.0 Å². The molecule has 1 unspecified atom stereocenters. The zero-order chi connectivity index (χ0) is 22.8. The number of anilines is 1. The summed E-state index contributed by atoms with van der Waals surface area (Å²) >= 11 is 0. The predicted octanol–water partition coefficient (Wildman–Crippen LogP) is 4.02. The highest BCUT2D eigenvalue weighted by molar-refractivity contribution is 6.05. The molecule has 2 aromatic heterocycles. The average Bonchev–Trinajstić information content (AvgIpc) is 3.54. The number of rotatable bonds is 5. The zero-order valence-corrected chi connectivity index (χ0v) is 19.1. The summed E-state index contributed by atoms with van der Waals surface area (Å²) < 4.78 is 7.00. The first-order chi connectivity index (χ1) is 16.2. The monoisotopic (exact) mass is 446 g/mol. The first-order valence-electron chi connectivity index (χ1n) is 11.9. The van der Waals surface area contributed by atoms with Gasteiger partial charge in [-0.3, -0.25) is 9.59 Å². The number of piperidine rings is 1. The average molecular weight is 447 g/mol. The fraction of sp³-hybridized carbons (Fsp3) is 0.423. The Morgan fingerprint density at radius 1 is 1.03 bits per heavy atom. The van der Waals surface area contributed by atoms with Gasteiger partial charge in [0.15, 0.2) is 0 Å². The van der Waals surface area contributed by atoms with E-state index in [0.717, 1.165) is 42.6 Å². The maximum atomic E-state index is 13.6. The topological polar surface area (TPSA) is 67.1 Å². The fourth-order valence-electron chi connectivity index (χ4n) is 5.14. The summed E-state index contributed by atoms with van der Waals surface area (Å²) in [4.78, 5) is 30.1. The highest BCUT2D eigenvalue weighted by atomic mass is 16.5. The quantitative estimate of drug-likeness (QED) is 0.554. The Labute approximate surface area is 193 Å². The van der Waals surface area contributed by atoms with E-state index in [-0.39, 0.29) is 17.8 Å². The number of amides is 1. The third kappa shape index (κ3) is 4.08. The molecule has 7 nitrogen and oxygen atoms in total. The van der Waals surface area contributed by atoms with Crippen molar-refractivity contribution in [1.82, 2.24) is 14.5 Å². The fourth-order valence-corrected chi connectivity index (χ4v) is 5.14. The van der Waals surface area contributed by atoms with Crippen molar-refractivity contribution in [1.29, 1.82) is 0 Å². The van der Waals surface area contributed by atoms with Gasteiger partial charge >= 0.3 is 5.97 Å². The number of para-hydroxylation sites is 1. The van der Waals surface area contributed by atoms with Crippen LogP contribution >= 0.6 is 0 Å². The van der Waals surface area contributed by atoms with E-state index in [1.54, 1.807) is 15.6 Å². The molecule has 0 radical (unpaired) electrons. The Kier molecular flexibility index (Phi) is 6.03. The standard InChI is InChI=1S/C26H30N4O3/c1-2-33-26(32)19-9-7-15-29(18-19)25(31)22-17-27-30-16-8-11-21(24(22)30)20-10-3-4-12-23(20)28-13-5-6-14-28/h3-4,8,10-12,16-17,19H,2,5-7,9,13-15,18H2,1H3. The van der Waals surface area contributed by atoms with Gasteiger partial charge in [0.1, 0.15) is 0 Å². The normalized spacial score (nSPS) is 18.6. The van der Waals surface area contributed by atoms with Crippen molar-refractivity contribution in [2.45, 2.75) is 32.6 Å². The van der Waals surface area contributed by atoms with Crippen LogP contribution in [0.4, 0.5) is 5.69 Å². The summed E-state index contributed by atoms with van der Waals surface area (Å²) in [6.45, 7) is 5.30. The highest BCUT2D eigenvalue weighted by Crippen LogP contribution is 2.36. The maximum absolute atomic E-state index is 13.6.